The molecule has 1 spiro atoms. The summed E-state index contributed by atoms with van der Waals surface area (Å²) < 4.78 is 71.9. The van der Waals surface area contributed by atoms with E-state index in [2.05, 4.69) is 42.0 Å². The van der Waals surface area contributed by atoms with Gasteiger partial charge in [0.25, 0.3) is 0 Å². The van der Waals surface area contributed by atoms with Crippen molar-refractivity contribution in [2.24, 2.45) is 5.41 Å². The Hall–Kier alpha value is -3.71. The molecule has 1 atom stereocenters. The predicted octanol–water partition coefficient (Wildman–Crippen LogP) is 5.88. The fourth-order valence-electron chi connectivity index (χ4n) is 6.79. The highest BCUT2D eigenvalue weighted by Crippen LogP contribution is 2.43. The van der Waals surface area contributed by atoms with Crippen LogP contribution in [-0.2, 0) is 13.0 Å². The van der Waals surface area contributed by atoms with Gasteiger partial charge in [-0.25, -0.2) is 28.7 Å². The number of benzene rings is 1. The number of imidazole rings is 1. The van der Waals surface area contributed by atoms with Gasteiger partial charge < -0.3 is 14.8 Å². The van der Waals surface area contributed by atoms with Crippen LogP contribution in [0.3, 0.4) is 0 Å². The van der Waals surface area contributed by atoms with E-state index >= 15 is 4.39 Å². The van der Waals surface area contributed by atoms with Gasteiger partial charge in [-0.3, -0.25) is 4.90 Å². The van der Waals surface area contributed by atoms with Gasteiger partial charge in [0.1, 0.15) is 28.9 Å². The van der Waals surface area contributed by atoms with Gasteiger partial charge >= 0.3 is 6.18 Å². The van der Waals surface area contributed by atoms with E-state index in [-0.39, 0.29) is 46.9 Å². The lowest BCUT2D eigenvalue weighted by Gasteiger charge is -2.54. The fourth-order valence-corrected chi connectivity index (χ4v) is 6.79. The van der Waals surface area contributed by atoms with Crippen molar-refractivity contribution >= 4 is 22.8 Å². The van der Waals surface area contributed by atoms with Gasteiger partial charge in [0, 0.05) is 37.8 Å². The van der Waals surface area contributed by atoms with Crippen LogP contribution in [0.5, 0.6) is 0 Å². The molecule has 0 radical (unpaired) electrons. The van der Waals surface area contributed by atoms with Gasteiger partial charge in [0.2, 0.25) is 5.95 Å². The Morgan fingerprint density at radius 3 is 2.47 bits per heavy atom. The maximum absolute atomic E-state index is 15.0. The van der Waals surface area contributed by atoms with Crippen molar-refractivity contribution in [2.45, 2.75) is 51.4 Å². The number of hydrogen-bond donors (Lipinski definition) is 1. The lowest BCUT2D eigenvalue weighted by Crippen LogP contribution is -2.59. The number of aryl methyl sites for hydroxylation is 1. The van der Waals surface area contributed by atoms with Crippen molar-refractivity contribution in [1.29, 1.82) is 0 Å². The molecule has 3 aromatic heterocycles. The van der Waals surface area contributed by atoms with Crippen LogP contribution < -0.4 is 5.32 Å². The van der Waals surface area contributed by atoms with Gasteiger partial charge in [-0.2, -0.15) is 13.2 Å². The van der Waals surface area contributed by atoms with Crippen molar-refractivity contribution in [3.63, 3.8) is 0 Å². The van der Waals surface area contributed by atoms with Crippen LogP contribution in [-0.4, -0.2) is 73.2 Å². The van der Waals surface area contributed by atoms with Crippen molar-refractivity contribution in [3.05, 3.63) is 59.7 Å². The van der Waals surface area contributed by atoms with Gasteiger partial charge in [0.15, 0.2) is 11.6 Å². The molecule has 2 fully saturated rings. The minimum absolute atomic E-state index is 0.0144. The predicted molar refractivity (Wildman–Crippen MR) is 151 cm³/mol. The smallest absolute Gasteiger partial charge is 0.316 e. The summed E-state index contributed by atoms with van der Waals surface area (Å²) >= 11 is 0. The van der Waals surface area contributed by atoms with Crippen LogP contribution >= 0.6 is 0 Å². The number of nitrogens with zero attached hydrogens (tertiary/aromatic N) is 7. The topological polar surface area (TPSA) is 75.0 Å². The monoisotopic (exact) mass is 598 g/mol. The third-order valence-electron chi connectivity index (χ3n) is 9.12. The average Bonchev–Trinajstić information content (AvgIpc) is 3.55. The first-order valence-corrected chi connectivity index (χ1v) is 14.6. The minimum Gasteiger partial charge on any atom is -0.316 e. The van der Waals surface area contributed by atoms with E-state index in [4.69, 9.17) is 0 Å². The zero-order chi connectivity index (χ0) is 29.9. The molecule has 3 aliphatic heterocycles. The summed E-state index contributed by atoms with van der Waals surface area (Å²) in [6.45, 7) is 8.68. The Labute approximate surface area is 245 Å². The summed E-state index contributed by atoms with van der Waals surface area (Å²) in [5.41, 5.74) is 1.08. The minimum atomic E-state index is -4.52. The molecule has 8 nitrogen and oxygen atoms in total. The van der Waals surface area contributed by atoms with E-state index in [1.54, 1.807) is 12.3 Å². The highest BCUT2D eigenvalue weighted by Gasteiger charge is 2.46. The summed E-state index contributed by atoms with van der Waals surface area (Å²) in [7, 11) is 0. The molecule has 2 saturated heterocycles. The van der Waals surface area contributed by atoms with Crippen LogP contribution in [0.25, 0.3) is 22.3 Å². The molecular weight excluding hydrogens is 567 g/mol. The second-order valence-corrected chi connectivity index (χ2v) is 12.0. The van der Waals surface area contributed by atoms with Gasteiger partial charge in [-0.15, -0.1) is 0 Å². The van der Waals surface area contributed by atoms with E-state index in [1.807, 2.05) is 6.07 Å². The first-order valence-electron chi connectivity index (χ1n) is 14.6. The van der Waals surface area contributed by atoms with Crippen LogP contribution in [0.15, 0.2) is 36.7 Å². The molecule has 0 aliphatic carbocycles. The summed E-state index contributed by atoms with van der Waals surface area (Å²) in [5.74, 6) is -1.07. The molecule has 4 aromatic rings. The highest BCUT2D eigenvalue weighted by molar-refractivity contribution is 5.83. The summed E-state index contributed by atoms with van der Waals surface area (Å²) in [4.78, 5) is 21.7. The fraction of sp³-hybridized carbons (Fsp3) is 0.467. The molecule has 1 aromatic carbocycles. The molecule has 3 aliphatic rings. The van der Waals surface area contributed by atoms with Crippen molar-refractivity contribution in [3.8, 4) is 11.3 Å². The number of anilines is 2. The first kappa shape index (κ1) is 28.1. The quantitative estimate of drug-likeness (QED) is 0.278. The number of piperidine rings is 1. The second kappa shape index (κ2) is 10.5. The van der Waals surface area contributed by atoms with Gasteiger partial charge in [-0.05, 0) is 68.1 Å². The maximum Gasteiger partial charge on any atom is 0.409 e. The number of hydrogen-bond acceptors (Lipinski definition) is 7. The normalized spacial score (nSPS) is 20.5. The standard InChI is InChI=1S/C30H31F5N8/c1-2-41-16-29(17-41)7-9-42(10-8-29)15-18-3-5-24(36-13-18)38-28-37-14-21(32)26(40-28)19-11-20(31)27-22(12-19)43-23(30(33,34)35)4-6-25(43)39-27/h3,5,11-14,23H,2,4,6-10,15-17H2,1H3,(H,36,37,38,40)/t23-/m0/s1. The third kappa shape index (κ3) is 5.22. The number of pyridine rings is 1. The molecule has 0 amide bonds. The second-order valence-electron chi connectivity index (χ2n) is 12.0. The zero-order valence-electron chi connectivity index (χ0n) is 23.6. The lowest BCUT2D eigenvalue weighted by atomic mass is 9.72. The largest absolute Gasteiger partial charge is 0.409 e. The lowest BCUT2D eigenvalue weighted by molar-refractivity contribution is -0.164. The average molecular weight is 599 g/mol. The number of halogens is 5. The molecular formula is C30H31F5N8. The Bertz CT molecular complexity index is 1650. The van der Waals surface area contributed by atoms with Crippen LogP contribution in [0.2, 0.25) is 0 Å². The van der Waals surface area contributed by atoms with E-state index in [1.165, 1.54) is 32.0 Å². The van der Waals surface area contributed by atoms with Gasteiger partial charge in [0.05, 0.1) is 11.7 Å². The Balaban J connectivity index is 1.06. The van der Waals surface area contributed by atoms with Crippen LogP contribution in [0.1, 0.15) is 43.6 Å². The SMILES string of the molecule is CCN1CC2(CCN(Cc3ccc(Nc4ncc(F)c(-c5cc(F)c6nc7n(c6c5)[C@H](C(F)(F)F)CC7)n4)nc3)CC2)C1. The molecule has 0 saturated carbocycles. The third-order valence-corrected chi connectivity index (χ3v) is 9.12. The van der Waals surface area contributed by atoms with Gasteiger partial charge in [-0.1, -0.05) is 13.0 Å². The molecule has 7 rings (SSSR count). The highest BCUT2D eigenvalue weighted by atomic mass is 19.4. The summed E-state index contributed by atoms with van der Waals surface area (Å²) in [5, 5.41) is 2.94. The van der Waals surface area contributed by atoms with Crippen molar-refractivity contribution < 1.29 is 22.0 Å². The van der Waals surface area contributed by atoms with Crippen molar-refractivity contribution in [1.82, 2.24) is 34.3 Å². The number of nitrogens with one attached hydrogen (secondary N) is 1. The molecule has 226 valence electrons. The number of fused-ring (bicyclic) bond motifs is 3. The number of alkyl halides is 3. The maximum atomic E-state index is 15.0. The first-order chi connectivity index (χ1) is 20.6. The van der Waals surface area contributed by atoms with Crippen LogP contribution in [0, 0.1) is 17.0 Å². The molecule has 43 heavy (non-hydrogen) atoms. The van der Waals surface area contributed by atoms with E-state index in [9.17, 15) is 17.6 Å². The number of likely N-dealkylation sites (tertiary alicyclic amines) is 2. The molecule has 0 bridgehead atoms. The van der Waals surface area contributed by atoms with Crippen molar-refractivity contribution in [2.75, 3.05) is 38.0 Å². The molecule has 0 unspecified atom stereocenters. The van der Waals surface area contributed by atoms with E-state index in [0.29, 0.717) is 11.2 Å². The van der Waals surface area contributed by atoms with E-state index in [0.717, 1.165) is 48.6 Å². The van der Waals surface area contributed by atoms with Crippen LogP contribution in [0.4, 0.5) is 33.7 Å². The Kier molecular flexibility index (Phi) is 6.84. The number of aromatic nitrogens is 5. The molecule has 13 heteroatoms. The zero-order valence-corrected chi connectivity index (χ0v) is 23.6. The molecule has 1 N–H and O–H groups in total. The molecule has 6 heterocycles. The van der Waals surface area contributed by atoms with E-state index < -0.39 is 23.9 Å². The Morgan fingerprint density at radius 2 is 1.77 bits per heavy atom. The Morgan fingerprint density at radius 1 is 0.977 bits per heavy atom. The summed E-state index contributed by atoms with van der Waals surface area (Å²) in [6.07, 6.45) is 0.520. The summed E-state index contributed by atoms with van der Waals surface area (Å²) in [6, 6.07) is 4.27. The number of rotatable bonds is 6.